The minimum absolute atomic E-state index is 0.563. The molecule has 0 unspecified atom stereocenters. The fourth-order valence-electron chi connectivity index (χ4n) is 2.04. The molecule has 2 aromatic heterocycles. The highest BCUT2D eigenvalue weighted by Crippen LogP contribution is 2.20. The van der Waals surface area contributed by atoms with Crippen LogP contribution in [-0.2, 0) is 7.05 Å². The van der Waals surface area contributed by atoms with Crippen molar-refractivity contribution < 1.29 is 4.74 Å². The van der Waals surface area contributed by atoms with Gasteiger partial charge in [-0.3, -0.25) is 5.43 Å². The fourth-order valence-corrected chi connectivity index (χ4v) is 2.04. The first-order chi connectivity index (χ1) is 10.7. The van der Waals surface area contributed by atoms with E-state index >= 15 is 0 Å². The highest BCUT2D eigenvalue weighted by Gasteiger charge is 2.07. The van der Waals surface area contributed by atoms with Crippen LogP contribution < -0.4 is 15.9 Å². The summed E-state index contributed by atoms with van der Waals surface area (Å²) >= 11 is 0. The van der Waals surface area contributed by atoms with Gasteiger partial charge in [0.2, 0.25) is 0 Å². The lowest BCUT2D eigenvalue weighted by atomic mass is 10.2. The van der Waals surface area contributed by atoms with Gasteiger partial charge in [-0.15, -0.1) is 0 Å². The van der Waals surface area contributed by atoms with Crippen molar-refractivity contribution in [1.82, 2.24) is 14.5 Å². The summed E-state index contributed by atoms with van der Waals surface area (Å²) in [4.78, 5) is 8.63. The number of fused-ring (bicyclic) bond motifs is 1. The predicted octanol–water partition coefficient (Wildman–Crippen LogP) is 2.01. The molecule has 112 valence electrons. The Morgan fingerprint density at radius 1 is 1.32 bits per heavy atom. The number of aryl methyl sites for hydroxylation is 1. The van der Waals surface area contributed by atoms with Gasteiger partial charge in [0.1, 0.15) is 11.3 Å². The summed E-state index contributed by atoms with van der Waals surface area (Å²) in [6.45, 7) is 0. The molecule has 0 amide bonds. The molecule has 7 nitrogen and oxygen atoms in total. The number of nitrogens with zero attached hydrogens (tertiary/aromatic N) is 4. The van der Waals surface area contributed by atoms with Crippen molar-refractivity contribution in [3.63, 3.8) is 0 Å². The summed E-state index contributed by atoms with van der Waals surface area (Å²) in [6, 6.07) is 9.28. The van der Waals surface area contributed by atoms with Gasteiger partial charge in [-0.05, 0) is 29.8 Å². The van der Waals surface area contributed by atoms with Gasteiger partial charge < -0.3 is 15.0 Å². The van der Waals surface area contributed by atoms with Crippen LogP contribution in [0.5, 0.6) is 5.75 Å². The van der Waals surface area contributed by atoms with Crippen molar-refractivity contribution in [2.24, 2.45) is 12.1 Å². The van der Waals surface area contributed by atoms with Crippen molar-refractivity contribution in [3.8, 4) is 5.75 Å². The van der Waals surface area contributed by atoms with Crippen LogP contribution in [0.15, 0.2) is 41.8 Å². The van der Waals surface area contributed by atoms with Crippen LogP contribution in [0.4, 0.5) is 11.5 Å². The van der Waals surface area contributed by atoms with E-state index < -0.39 is 0 Å². The molecule has 0 saturated heterocycles. The molecular weight excluding hydrogens is 280 g/mol. The highest BCUT2D eigenvalue weighted by molar-refractivity contribution is 5.86. The number of nitrogens with one attached hydrogen (secondary N) is 1. The van der Waals surface area contributed by atoms with Gasteiger partial charge in [0.05, 0.1) is 25.3 Å². The lowest BCUT2D eigenvalue weighted by molar-refractivity contribution is 0.415. The minimum atomic E-state index is 0.563. The zero-order valence-corrected chi connectivity index (χ0v) is 12.3. The number of anilines is 2. The van der Waals surface area contributed by atoms with Gasteiger partial charge in [0.15, 0.2) is 11.5 Å². The molecule has 0 radical (unpaired) electrons. The maximum Gasteiger partial charge on any atom is 0.164 e. The van der Waals surface area contributed by atoms with Crippen molar-refractivity contribution in [3.05, 3.63) is 42.2 Å². The quantitative estimate of drug-likeness (QED) is 0.567. The van der Waals surface area contributed by atoms with Crippen molar-refractivity contribution in [2.75, 3.05) is 18.3 Å². The first-order valence-corrected chi connectivity index (χ1v) is 6.68. The van der Waals surface area contributed by atoms with Gasteiger partial charge in [-0.25, -0.2) is 9.97 Å². The van der Waals surface area contributed by atoms with Crippen LogP contribution in [0.1, 0.15) is 5.56 Å². The number of hydrogen-bond donors (Lipinski definition) is 2. The number of imidazole rings is 1. The third-order valence-electron chi connectivity index (χ3n) is 3.21. The Labute approximate surface area is 127 Å². The summed E-state index contributed by atoms with van der Waals surface area (Å²) < 4.78 is 6.92. The van der Waals surface area contributed by atoms with Crippen LogP contribution in [0.3, 0.4) is 0 Å². The third-order valence-corrected chi connectivity index (χ3v) is 3.21. The summed E-state index contributed by atoms with van der Waals surface area (Å²) in [7, 11) is 3.50. The molecule has 0 spiro atoms. The number of rotatable bonds is 4. The van der Waals surface area contributed by atoms with Crippen LogP contribution in [-0.4, -0.2) is 27.9 Å². The number of hydrazone groups is 1. The number of hydrogen-bond acceptors (Lipinski definition) is 6. The number of methoxy groups -OCH3 is 1. The molecule has 2 heterocycles. The Hall–Kier alpha value is -3.09. The van der Waals surface area contributed by atoms with Crippen LogP contribution in [0.2, 0.25) is 0 Å². The van der Waals surface area contributed by atoms with E-state index in [0.717, 1.165) is 11.3 Å². The zero-order valence-electron chi connectivity index (χ0n) is 12.3. The zero-order chi connectivity index (χ0) is 15.5. The average molecular weight is 296 g/mol. The molecule has 0 aliphatic rings. The number of benzene rings is 1. The molecule has 7 heteroatoms. The van der Waals surface area contributed by atoms with E-state index in [1.165, 1.54) is 0 Å². The van der Waals surface area contributed by atoms with E-state index in [9.17, 15) is 0 Å². The molecule has 0 saturated carbocycles. The SMILES string of the molecule is COc1ccc(/C=N/Nc2cc(N)c3ncn(C)c3n2)cc1. The number of aromatic nitrogens is 3. The third kappa shape index (κ3) is 2.69. The topological polar surface area (TPSA) is 90.4 Å². The number of ether oxygens (including phenoxy) is 1. The molecule has 0 bridgehead atoms. The van der Waals surface area contributed by atoms with Gasteiger partial charge >= 0.3 is 0 Å². The van der Waals surface area contributed by atoms with Gasteiger partial charge in [0, 0.05) is 13.1 Å². The van der Waals surface area contributed by atoms with Crippen molar-refractivity contribution in [2.45, 2.75) is 0 Å². The normalized spacial score (nSPS) is 11.2. The molecule has 0 atom stereocenters. The van der Waals surface area contributed by atoms with Crippen LogP contribution in [0.25, 0.3) is 11.2 Å². The predicted molar refractivity (Wildman–Crippen MR) is 87.1 cm³/mol. The van der Waals surface area contributed by atoms with Crippen LogP contribution >= 0.6 is 0 Å². The number of nitrogen functional groups attached to an aromatic ring is 1. The lowest BCUT2D eigenvalue weighted by Crippen LogP contribution is -1.98. The molecule has 3 N–H and O–H groups in total. The fraction of sp³-hybridized carbons (Fsp3) is 0.133. The summed E-state index contributed by atoms with van der Waals surface area (Å²) in [5.41, 5.74) is 11.7. The molecule has 0 fully saturated rings. The minimum Gasteiger partial charge on any atom is -0.497 e. The molecule has 1 aromatic carbocycles. The molecular formula is C15H16N6O. The average Bonchev–Trinajstić information content (AvgIpc) is 2.90. The summed E-state index contributed by atoms with van der Waals surface area (Å²) in [6.07, 6.45) is 3.38. The largest absolute Gasteiger partial charge is 0.497 e. The second kappa shape index (κ2) is 5.72. The Morgan fingerprint density at radius 3 is 2.82 bits per heavy atom. The van der Waals surface area contributed by atoms with Gasteiger partial charge in [-0.2, -0.15) is 5.10 Å². The van der Waals surface area contributed by atoms with Gasteiger partial charge in [0.25, 0.3) is 0 Å². The Morgan fingerprint density at radius 2 is 2.09 bits per heavy atom. The second-order valence-corrected chi connectivity index (χ2v) is 4.77. The Kier molecular flexibility index (Phi) is 3.61. The molecule has 0 aliphatic heterocycles. The first-order valence-electron chi connectivity index (χ1n) is 6.68. The Bertz CT molecular complexity index is 822. The van der Waals surface area contributed by atoms with Gasteiger partial charge in [-0.1, -0.05) is 0 Å². The maximum absolute atomic E-state index is 5.96. The maximum atomic E-state index is 5.96. The molecule has 3 aromatic rings. The monoisotopic (exact) mass is 296 g/mol. The number of nitrogens with two attached hydrogens (primary N) is 1. The smallest absolute Gasteiger partial charge is 0.164 e. The molecule has 22 heavy (non-hydrogen) atoms. The standard InChI is InChI=1S/C15H16N6O/c1-21-9-17-14-12(16)7-13(19-15(14)21)20-18-8-10-3-5-11(22-2)6-4-10/h3-9H,1-2H3,(H3,16,19,20)/b18-8+. The highest BCUT2D eigenvalue weighted by atomic mass is 16.5. The van der Waals surface area contributed by atoms with Crippen LogP contribution in [0, 0.1) is 0 Å². The van der Waals surface area contributed by atoms with E-state index in [1.807, 2.05) is 35.9 Å². The van der Waals surface area contributed by atoms with E-state index in [2.05, 4.69) is 20.5 Å². The van der Waals surface area contributed by atoms with Crippen molar-refractivity contribution >= 4 is 28.9 Å². The molecule has 3 rings (SSSR count). The first kappa shape index (κ1) is 13.9. The molecule has 0 aliphatic carbocycles. The summed E-state index contributed by atoms with van der Waals surface area (Å²) in [5.74, 6) is 1.37. The van der Waals surface area contributed by atoms with E-state index in [-0.39, 0.29) is 0 Å². The Balaban J connectivity index is 1.77. The number of pyridine rings is 1. The van der Waals surface area contributed by atoms with E-state index in [0.29, 0.717) is 22.7 Å². The second-order valence-electron chi connectivity index (χ2n) is 4.77. The van der Waals surface area contributed by atoms with E-state index in [4.69, 9.17) is 10.5 Å². The summed E-state index contributed by atoms with van der Waals surface area (Å²) in [5, 5.41) is 4.17. The van der Waals surface area contributed by atoms with Crippen molar-refractivity contribution in [1.29, 1.82) is 0 Å². The lowest BCUT2D eigenvalue weighted by Gasteiger charge is -2.03. The van der Waals surface area contributed by atoms with E-state index in [1.54, 1.807) is 25.7 Å².